The molecule has 0 amide bonds. The van der Waals surface area contributed by atoms with Gasteiger partial charge >= 0.3 is 17.9 Å². The Morgan fingerprint density at radius 2 is 0.481 bits per heavy atom. The number of unbranched alkanes of at least 4 members (excludes halogenated alkanes) is 13. The van der Waals surface area contributed by atoms with Gasteiger partial charge in [0.15, 0.2) is 6.10 Å². The molecule has 0 aromatic heterocycles. The van der Waals surface area contributed by atoms with Crippen LogP contribution in [0.5, 0.6) is 0 Å². The maximum Gasteiger partial charge on any atom is 0.306 e. The van der Waals surface area contributed by atoms with Crippen molar-refractivity contribution in [2.75, 3.05) is 13.2 Å². The van der Waals surface area contributed by atoms with E-state index in [4.69, 9.17) is 14.2 Å². The number of ether oxygens (including phenoxy) is 3. The first-order chi connectivity index (χ1) is 39.0. The molecule has 0 radical (unpaired) electrons. The fourth-order valence-corrected chi connectivity index (χ4v) is 7.84. The van der Waals surface area contributed by atoms with Crippen LogP contribution in [0.1, 0.15) is 239 Å². The van der Waals surface area contributed by atoms with Crippen molar-refractivity contribution in [3.8, 4) is 0 Å². The molecule has 0 aliphatic heterocycles. The van der Waals surface area contributed by atoms with E-state index in [0.29, 0.717) is 12.8 Å². The van der Waals surface area contributed by atoms with Crippen LogP contribution >= 0.6 is 0 Å². The first-order valence-corrected chi connectivity index (χ1v) is 31.3. The van der Waals surface area contributed by atoms with Crippen molar-refractivity contribution in [3.05, 3.63) is 182 Å². The summed E-state index contributed by atoms with van der Waals surface area (Å²) in [4.78, 5) is 38.3. The van der Waals surface area contributed by atoms with Gasteiger partial charge in [0.25, 0.3) is 0 Å². The number of esters is 3. The largest absolute Gasteiger partial charge is 0.462 e. The van der Waals surface area contributed by atoms with E-state index in [1.807, 2.05) is 12.2 Å². The summed E-state index contributed by atoms with van der Waals surface area (Å²) < 4.78 is 16.8. The molecule has 0 aromatic carbocycles. The predicted molar refractivity (Wildman–Crippen MR) is 343 cm³/mol. The predicted octanol–water partition coefficient (Wildman–Crippen LogP) is 21.7. The second kappa shape index (κ2) is 65.0. The molecule has 0 bridgehead atoms. The van der Waals surface area contributed by atoms with Gasteiger partial charge in [-0.15, -0.1) is 0 Å². The first-order valence-electron chi connectivity index (χ1n) is 31.3. The minimum Gasteiger partial charge on any atom is -0.462 e. The van der Waals surface area contributed by atoms with Crippen molar-refractivity contribution in [2.45, 2.75) is 245 Å². The molecular weight excluding hydrogens is 973 g/mol. The zero-order valence-electron chi connectivity index (χ0n) is 50.3. The average Bonchev–Trinajstić information content (AvgIpc) is 3.45. The van der Waals surface area contributed by atoms with Gasteiger partial charge in [-0.25, -0.2) is 0 Å². The van der Waals surface area contributed by atoms with Gasteiger partial charge in [0.2, 0.25) is 0 Å². The molecule has 1 atom stereocenters. The molecule has 79 heavy (non-hydrogen) atoms. The lowest BCUT2D eigenvalue weighted by Crippen LogP contribution is -2.30. The van der Waals surface area contributed by atoms with Gasteiger partial charge in [-0.1, -0.05) is 261 Å². The van der Waals surface area contributed by atoms with Crippen LogP contribution in [-0.4, -0.2) is 37.2 Å². The lowest BCUT2D eigenvalue weighted by atomic mass is 10.1. The number of carbonyl (C=O) groups excluding carboxylic acids is 3. The molecule has 0 spiro atoms. The molecule has 0 saturated heterocycles. The van der Waals surface area contributed by atoms with Crippen LogP contribution in [0.3, 0.4) is 0 Å². The Balaban J connectivity index is 4.48. The van der Waals surface area contributed by atoms with E-state index in [0.717, 1.165) is 161 Å². The Morgan fingerprint density at radius 1 is 0.253 bits per heavy atom. The summed E-state index contributed by atoms with van der Waals surface area (Å²) in [6, 6.07) is 0. The van der Waals surface area contributed by atoms with Crippen LogP contribution in [0.15, 0.2) is 182 Å². The molecule has 0 aromatic rings. The summed E-state index contributed by atoms with van der Waals surface area (Å²) in [5.74, 6) is -1.04. The highest BCUT2D eigenvalue weighted by Crippen LogP contribution is 2.13. The molecular formula is C73H112O6. The van der Waals surface area contributed by atoms with Crippen molar-refractivity contribution in [2.24, 2.45) is 0 Å². The van der Waals surface area contributed by atoms with Crippen molar-refractivity contribution in [3.63, 3.8) is 0 Å². The van der Waals surface area contributed by atoms with Gasteiger partial charge in [0.1, 0.15) is 13.2 Å². The molecule has 6 nitrogen and oxygen atoms in total. The molecule has 0 aliphatic carbocycles. The number of hydrogen-bond acceptors (Lipinski definition) is 6. The Bertz CT molecular complexity index is 1870. The van der Waals surface area contributed by atoms with Crippen molar-refractivity contribution in [1.29, 1.82) is 0 Å². The summed E-state index contributed by atoms with van der Waals surface area (Å²) >= 11 is 0. The van der Waals surface area contributed by atoms with E-state index in [1.54, 1.807) is 0 Å². The van der Waals surface area contributed by atoms with E-state index in [2.05, 4.69) is 191 Å². The molecule has 0 aliphatic rings. The zero-order valence-corrected chi connectivity index (χ0v) is 50.3. The molecule has 0 saturated carbocycles. The van der Waals surface area contributed by atoms with E-state index in [9.17, 15) is 14.4 Å². The molecule has 0 heterocycles. The van der Waals surface area contributed by atoms with Gasteiger partial charge in [0, 0.05) is 19.3 Å². The minimum absolute atomic E-state index is 0.122. The SMILES string of the molecule is CC/C=C\C/C=C\C/C=C\C/C=C\C/C=C\C/C=C\CCCCCCCCC(=O)OCC(COC(=O)CC/C=C\C/C=C\C/C=C\C/C=C\CC)OC(=O)CCCCCCCCC/C=C\C/C=C\C/C=C\C/C=C\C/C=C\CC. The number of allylic oxidation sites excluding steroid dienone is 30. The Morgan fingerprint density at radius 3 is 0.785 bits per heavy atom. The molecule has 1 unspecified atom stereocenters. The second-order valence-electron chi connectivity index (χ2n) is 19.8. The zero-order chi connectivity index (χ0) is 57.1. The quantitative estimate of drug-likeness (QED) is 0.0261. The molecule has 440 valence electrons. The number of rotatable bonds is 54. The Kier molecular flexibility index (Phi) is 60.5. The summed E-state index contributed by atoms with van der Waals surface area (Å²) in [7, 11) is 0. The van der Waals surface area contributed by atoms with Crippen LogP contribution in [0, 0.1) is 0 Å². The standard InChI is InChI=1S/C73H112O6/c1-4-7-10-13-16-19-22-25-27-29-31-33-35-36-38-39-41-43-45-48-51-54-57-60-63-66-72(75)78-69-70(68-77-71(74)65-62-59-56-53-50-47-24-21-18-15-12-9-6-3)79-73(76)67-64-61-58-55-52-49-46-44-42-40-37-34-32-30-28-26-23-20-17-14-11-8-5-2/h7-12,16-21,25-28,31-34,36,38,40-43,47,50,56,59,70H,4-6,13-15,22-24,29-30,35,37,39,44-46,48-49,51-55,57-58,60-69H2,1-3H3/b10-7-,11-8-,12-9-,19-16-,20-17-,21-18-,27-25-,28-26-,33-31-,34-32-,38-36-,42-40-,43-41-,50-47-,59-56-. The van der Waals surface area contributed by atoms with Crippen molar-refractivity contribution >= 4 is 17.9 Å². The van der Waals surface area contributed by atoms with Crippen LogP contribution in [0.25, 0.3) is 0 Å². The molecule has 0 fully saturated rings. The fraction of sp³-hybridized carbons (Fsp3) is 0.548. The third kappa shape index (κ3) is 63.2. The maximum atomic E-state index is 12.9. The lowest BCUT2D eigenvalue weighted by Gasteiger charge is -2.18. The van der Waals surface area contributed by atoms with Crippen LogP contribution < -0.4 is 0 Å². The Hall–Kier alpha value is -5.49. The smallest absolute Gasteiger partial charge is 0.306 e. The second-order valence-corrected chi connectivity index (χ2v) is 19.8. The van der Waals surface area contributed by atoms with Gasteiger partial charge in [0.05, 0.1) is 0 Å². The topological polar surface area (TPSA) is 78.9 Å². The van der Waals surface area contributed by atoms with Gasteiger partial charge in [-0.05, 0) is 141 Å². The first kappa shape index (κ1) is 73.5. The van der Waals surface area contributed by atoms with E-state index in [-0.39, 0.29) is 44.0 Å². The summed E-state index contributed by atoms with van der Waals surface area (Å²) in [6.45, 7) is 6.20. The van der Waals surface area contributed by atoms with Gasteiger partial charge in [-0.3, -0.25) is 14.4 Å². The summed E-state index contributed by atoms with van der Waals surface area (Å²) in [5, 5.41) is 0. The van der Waals surface area contributed by atoms with E-state index < -0.39 is 6.10 Å². The third-order valence-corrected chi connectivity index (χ3v) is 12.4. The van der Waals surface area contributed by atoms with Gasteiger partial charge in [-0.2, -0.15) is 0 Å². The average molecular weight is 1090 g/mol. The van der Waals surface area contributed by atoms with Crippen molar-refractivity contribution < 1.29 is 28.6 Å². The highest BCUT2D eigenvalue weighted by molar-refractivity contribution is 5.71. The van der Waals surface area contributed by atoms with Crippen LogP contribution in [0.4, 0.5) is 0 Å². The number of carbonyl (C=O) groups is 3. The Labute approximate surface area is 484 Å². The lowest BCUT2D eigenvalue weighted by molar-refractivity contribution is -0.166. The fourth-order valence-electron chi connectivity index (χ4n) is 7.84. The third-order valence-electron chi connectivity index (χ3n) is 12.4. The molecule has 0 rings (SSSR count). The number of hydrogen-bond donors (Lipinski definition) is 0. The van der Waals surface area contributed by atoms with Gasteiger partial charge < -0.3 is 14.2 Å². The normalized spacial score (nSPS) is 13.4. The molecule has 6 heteroatoms. The van der Waals surface area contributed by atoms with Crippen LogP contribution in [-0.2, 0) is 28.6 Å². The molecule has 0 N–H and O–H groups in total. The van der Waals surface area contributed by atoms with E-state index >= 15 is 0 Å². The monoisotopic (exact) mass is 1080 g/mol. The minimum atomic E-state index is -0.832. The summed E-state index contributed by atoms with van der Waals surface area (Å²) in [5.41, 5.74) is 0. The van der Waals surface area contributed by atoms with E-state index in [1.165, 1.54) is 32.1 Å². The summed E-state index contributed by atoms with van der Waals surface area (Å²) in [6.07, 6.45) is 97.6. The maximum absolute atomic E-state index is 12.9. The van der Waals surface area contributed by atoms with Crippen LogP contribution in [0.2, 0.25) is 0 Å². The highest BCUT2D eigenvalue weighted by atomic mass is 16.6. The van der Waals surface area contributed by atoms with Crippen molar-refractivity contribution in [1.82, 2.24) is 0 Å². The highest BCUT2D eigenvalue weighted by Gasteiger charge is 2.19.